The molecule has 13 heavy (non-hydrogen) atoms. The Bertz CT molecular complexity index is 153. The van der Waals surface area contributed by atoms with Crippen molar-refractivity contribution in [3.05, 3.63) is 0 Å². The molecule has 2 rings (SSSR count). The Balaban J connectivity index is 1.85. The van der Waals surface area contributed by atoms with Gasteiger partial charge in [-0.15, -0.1) is 0 Å². The molecule has 2 saturated heterocycles. The van der Waals surface area contributed by atoms with Gasteiger partial charge in [0.1, 0.15) is 0 Å². The van der Waals surface area contributed by atoms with Crippen molar-refractivity contribution in [1.29, 1.82) is 0 Å². The van der Waals surface area contributed by atoms with Crippen LogP contribution in [0.25, 0.3) is 0 Å². The zero-order valence-corrected chi connectivity index (χ0v) is 8.92. The van der Waals surface area contributed by atoms with E-state index in [1.165, 1.54) is 38.8 Å². The summed E-state index contributed by atoms with van der Waals surface area (Å²) in [7, 11) is 0. The van der Waals surface area contributed by atoms with Crippen molar-refractivity contribution in [2.45, 2.75) is 57.7 Å². The highest BCUT2D eigenvalue weighted by Crippen LogP contribution is 2.24. The molecule has 76 valence electrons. The normalized spacial score (nSPS) is 41.5. The molecule has 1 N–H and O–H groups in total. The minimum Gasteiger partial charge on any atom is -0.313 e. The van der Waals surface area contributed by atoms with Crippen molar-refractivity contribution in [3.8, 4) is 0 Å². The lowest BCUT2D eigenvalue weighted by atomic mass is 10.2. The van der Waals surface area contributed by atoms with E-state index in [0.29, 0.717) is 0 Å². The summed E-state index contributed by atoms with van der Waals surface area (Å²) in [6.07, 6.45) is 5.55. The Labute approximate surface area is 81.7 Å². The first-order chi connectivity index (χ1) is 6.27. The molecule has 3 atom stereocenters. The van der Waals surface area contributed by atoms with Gasteiger partial charge in [0.15, 0.2) is 0 Å². The summed E-state index contributed by atoms with van der Waals surface area (Å²) in [6, 6.07) is 2.41. The number of rotatable bonds is 2. The van der Waals surface area contributed by atoms with Crippen molar-refractivity contribution < 1.29 is 0 Å². The van der Waals surface area contributed by atoms with Gasteiger partial charge in [0, 0.05) is 24.7 Å². The summed E-state index contributed by atoms with van der Waals surface area (Å²) in [4.78, 5) is 2.68. The molecule has 0 aromatic rings. The fourth-order valence-corrected chi connectivity index (χ4v) is 2.78. The van der Waals surface area contributed by atoms with Crippen LogP contribution in [0.3, 0.4) is 0 Å². The van der Waals surface area contributed by atoms with Gasteiger partial charge in [-0.05, 0) is 46.1 Å². The van der Waals surface area contributed by atoms with Gasteiger partial charge in [-0.25, -0.2) is 0 Å². The highest BCUT2D eigenvalue weighted by Gasteiger charge is 2.29. The summed E-state index contributed by atoms with van der Waals surface area (Å²) in [5.41, 5.74) is 0. The quantitative estimate of drug-likeness (QED) is 0.698. The maximum absolute atomic E-state index is 3.58. The average molecular weight is 182 g/mol. The predicted octanol–water partition coefficient (Wildman–Crippen LogP) is 1.61. The predicted molar refractivity (Wildman–Crippen MR) is 55.9 cm³/mol. The van der Waals surface area contributed by atoms with Crippen molar-refractivity contribution in [1.82, 2.24) is 10.2 Å². The van der Waals surface area contributed by atoms with E-state index in [9.17, 15) is 0 Å². The molecule has 2 aliphatic heterocycles. The smallest absolute Gasteiger partial charge is 0.0195 e. The third kappa shape index (κ3) is 2.05. The number of likely N-dealkylation sites (tertiary alicyclic amines) is 1. The minimum absolute atomic E-state index is 0.781. The van der Waals surface area contributed by atoms with Crippen LogP contribution in [0, 0.1) is 0 Å². The maximum atomic E-state index is 3.58. The number of nitrogens with one attached hydrogen (secondary N) is 1. The molecular formula is C11H22N2. The van der Waals surface area contributed by atoms with E-state index in [-0.39, 0.29) is 0 Å². The van der Waals surface area contributed by atoms with Gasteiger partial charge in [0.25, 0.3) is 0 Å². The molecule has 2 heterocycles. The third-order valence-electron chi connectivity index (χ3n) is 3.73. The van der Waals surface area contributed by atoms with Gasteiger partial charge in [0.05, 0.1) is 0 Å². The minimum atomic E-state index is 0.781. The first kappa shape index (κ1) is 9.47. The highest BCUT2D eigenvalue weighted by atomic mass is 15.2. The van der Waals surface area contributed by atoms with Crippen LogP contribution in [-0.4, -0.2) is 36.1 Å². The van der Waals surface area contributed by atoms with Crippen molar-refractivity contribution in [2.75, 3.05) is 13.1 Å². The monoisotopic (exact) mass is 182 g/mol. The third-order valence-corrected chi connectivity index (χ3v) is 3.73. The van der Waals surface area contributed by atoms with Gasteiger partial charge in [-0.1, -0.05) is 0 Å². The molecule has 2 fully saturated rings. The SMILES string of the molecule is C[C@H]1CC[C@H](C)N1C[C@@H]1CCCN1. The molecule has 0 aliphatic carbocycles. The first-order valence-corrected chi connectivity index (χ1v) is 5.76. The fourth-order valence-electron chi connectivity index (χ4n) is 2.78. The summed E-state index contributed by atoms with van der Waals surface area (Å²) in [6.45, 7) is 7.26. The Hall–Kier alpha value is -0.0800. The van der Waals surface area contributed by atoms with E-state index in [1.54, 1.807) is 0 Å². The topological polar surface area (TPSA) is 15.3 Å². The van der Waals surface area contributed by atoms with Gasteiger partial charge < -0.3 is 5.32 Å². The lowest BCUT2D eigenvalue weighted by Crippen LogP contribution is -2.42. The molecule has 0 spiro atoms. The fraction of sp³-hybridized carbons (Fsp3) is 1.00. The molecule has 0 radical (unpaired) electrons. The molecule has 2 aliphatic rings. The summed E-state index contributed by atoms with van der Waals surface area (Å²) in [5, 5.41) is 3.58. The molecule has 0 saturated carbocycles. The molecule has 2 nitrogen and oxygen atoms in total. The molecule has 0 bridgehead atoms. The van der Waals surface area contributed by atoms with Crippen LogP contribution in [0.1, 0.15) is 39.5 Å². The summed E-state index contributed by atoms with van der Waals surface area (Å²) >= 11 is 0. The highest BCUT2D eigenvalue weighted by molar-refractivity contribution is 4.87. The molecular weight excluding hydrogens is 160 g/mol. The number of nitrogens with zero attached hydrogens (tertiary/aromatic N) is 1. The van der Waals surface area contributed by atoms with E-state index in [4.69, 9.17) is 0 Å². The van der Waals surface area contributed by atoms with Crippen molar-refractivity contribution in [3.63, 3.8) is 0 Å². The number of hydrogen-bond acceptors (Lipinski definition) is 2. The molecule has 0 unspecified atom stereocenters. The Morgan fingerprint density at radius 1 is 1.15 bits per heavy atom. The van der Waals surface area contributed by atoms with E-state index >= 15 is 0 Å². The van der Waals surface area contributed by atoms with Crippen LogP contribution in [0.4, 0.5) is 0 Å². The zero-order chi connectivity index (χ0) is 9.26. The molecule has 0 aromatic carbocycles. The lowest BCUT2D eigenvalue weighted by Gasteiger charge is -2.28. The van der Waals surface area contributed by atoms with E-state index in [2.05, 4.69) is 24.1 Å². The Morgan fingerprint density at radius 3 is 2.38 bits per heavy atom. The van der Waals surface area contributed by atoms with E-state index in [0.717, 1.165) is 18.1 Å². The molecule has 0 amide bonds. The van der Waals surface area contributed by atoms with Crippen molar-refractivity contribution >= 4 is 0 Å². The number of hydrogen-bond donors (Lipinski definition) is 1. The second-order valence-electron chi connectivity index (χ2n) is 4.77. The summed E-state index contributed by atoms with van der Waals surface area (Å²) in [5.74, 6) is 0. The largest absolute Gasteiger partial charge is 0.313 e. The van der Waals surface area contributed by atoms with Gasteiger partial charge >= 0.3 is 0 Å². The van der Waals surface area contributed by atoms with Crippen LogP contribution in [-0.2, 0) is 0 Å². The summed E-state index contributed by atoms with van der Waals surface area (Å²) < 4.78 is 0. The van der Waals surface area contributed by atoms with Crippen LogP contribution in [0.2, 0.25) is 0 Å². The van der Waals surface area contributed by atoms with Crippen molar-refractivity contribution in [2.24, 2.45) is 0 Å². The second-order valence-corrected chi connectivity index (χ2v) is 4.77. The lowest BCUT2D eigenvalue weighted by molar-refractivity contribution is 0.195. The Kier molecular flexibility index (Phi) is 2.89. The average Bonchev–Trinajstić information content (AvgIpc) is 2.70. The standard InChI is InChI=1S/C11H22N2/c1-9-5-6-10(2)13(9)8-11-4-3-7-12-11/h9-12H,3-8H2,1-2H3/t9-,10-,11-/m0/s1. The van der Waals surface area contributed by atoms with Crippen LogP contribution < -0.4 is 5.32 Å². The van der Waals surface area contributed by atoms with Gasteiger partial charge in [-0.2, -0.15) is 0 Å². The zero-order valence-electron chi connectivity index (χ0n) is 8.92. The van der Waals surface area contributed by atoms with Crippen LogP contribution in [0.15, 0.2) is 0 Å². The van der Waals surface area contributed by atoms with E-state index < -0.39 is 0 Å². The first-order valence-electron chi connectivity index (χ1n) is 5.76. The van der Waals surface area contributed by atoms with Gasteiger partial charge in [-0.3, -0.25) is 4.90 Å². The Morgan fingerprint density at radius 2 is 1.85 bits per heavy atom. The second kappa shape index (κ2) is 3.97. The van der Waals surface area contributed by atoms with Crippen LogP contribution in [0.5, 0.6) is 0 Å². The van der Waals surface area contributed by atoms with E-state index in [1.807, 2.05) is 0 Å². The molecule has 2 heteroatoms. The molecule has 0 aromatic heterocycles. The van der Waals surface area contributed by atoms with Crippen LogP contribution >= 0.6 is 0 Å². The van der Waals surface area contributed by atoms with Gasteiger partial charge in [0.2, 0.25) is 0 Å². The maximum Gasteiger partial charge on any atom is 0.0195 e.